The van der Waals surface area contributed by atoms with Crippen molar-refractivity contribution < 1.29 is 0 Å². The molecular weight excluding hydrogens is 208 g/mol. The van der Waals surface area contributed by atoms with E-state index in [9.17, 15) is 0 Å². The lowest BCUT2D eigenvalue weighted by atomic mass is 10.3. The maximum Gasteiger partial charge on any atom is 0.222 e. The van der Waals surface area contributed by atoms with Gasteiger partial charge in [0.1, 0.15) is 5.82 Å². The number of nitrogens with two attached hydrogens (primary N) is 1. The number of aryl methyl sites for hydroxylation is 1. The summed E-state index contributed by atoms with van der Waals surface area (Å²) in [6.07, 6.45) is 0. The van der Waals surface area contributed by atoms with Crippen LogP contribution in [0.5, 0.6) is 0 Å². The summed E-state index contributed by atoms with van der Waals surface area (Å²) in [7, 11) is 0. The number of hydrogen-bond donors (Lipinski definition) is 2. The average Bonchev–Trinajstić information content (AvgIpc) is 2.65. The van der Waals surface area contributed by atoms with E-state index in [-0.39, 0.29) is 0 Å². The van der Waals surface area contributed by atoms with Gasteiger partial charge in [0.15, 0.2) is 0 Å². The van der Waals surface area contributed by atoms with Crippen molar-refractivity contribution in [2.24, 2.45) is 0 Å². The zero-order valence-corrected chi connectivity index (χ0v) is 9.21. The van der Waals surface area contributed by atoms with Crippen LogP contribution in [0, 0.1) is 6.92 Å². The maximum atomic E-state index is 5.55. The second-order valence-electron chi connectivity index (χ2n) is 3.24. The normalized spacial score (nSPS) is 10.2. The summed E-state index contributed by atoms with van der Waals surface area (Å²) < 4.78 is 0. The molecule has 0 radical (unpaired) electrons. The highest BCUT2D eigenvalue weighted by atomic mass is 32.1. The van der Waals surface area contributed by atoms with E-state index in [1.54, 1.807) is 11.3 Å². The first-order valence-electron chi connectivity index (χ1n) is 4.60. The molecule has 2 aromatic rings. The highest BCUT2D eigenvalue weighted by Crippen LogP contribution is 2.11. The molecule has 0 saturated heterocycles. The number of nitrogens with zero attached hydrogens (tertiary/aromatic N) is 2. The van der Waals surface area contributed by atoms with E-state index in [1.165, 1.54) is 5.56 Å². The van der Waals surface area contributed by atoms with Gasteiger partial charge in [0, 0.05) is 18.3 Å². The summed E-state index contributed by atoms with van der Waals surface area (Å²) in [5, 5.41) is 7.36. The SMILES string of the molecule is Cc1cc(NCc2ccsc2)nc(N)n1. The van der Waals surface area contributed by atoms with Gasteiger partial charge < -0.3 is 11.1 Å². The molecule has 2 aromatic heterocycles. The lowest BCUT2D eigenvalue weighted by Gasteiger charge is -2.05. The molecule has 0 amide bonds. The third-order valence-electron chi connectivity index (χ3n) is 1.93. The molecule has 78 valence electrons. The molecule has 0 unspecified atom stereocenters. The number of aromatic nitrogens is 2. The summed E-state index contributed by atoms with van der Waals surface area (Å²) in [6, 6.07) is 3.96. The Hall–Kier alpha value is -1.62. The Morgan fingerprint density at radius 3 is 3.00 bits per heavy atom. The van der Waals surface area contributed by atoms with Crippen LogP contribution in [0.2, 0.25) is 0 Å². The van der Waals surface area contributed by atoms with Crippen LogP contribution in [0.3, 0.4) is 0 Å². The maximum absolute atomic E-state index is 5.55. The number of hydrogen-bond acceptors (Lipinski definition) is 5. The molecule has 0 atom stereocenters. The van der Waals surface area contributed by atoms with Crippen molar-refractivity contribution >= 4 is 23.1 Å². The first kappa shape index (κ1) is 9.92. The van der Waals surface area contributed by atoms with E-state index >= 15 is 0 Å². The Balaban J connectivity index is 2.05. The van der Waals surface area contributed by atoms with Gasteiger partial charge in [0.25, 0.3) is 0 Å². The molecule has 0 aliphatic carbocycles. The van der Waals surface area contributed by atoms with Crippen molar-refractivity contribution in [1.29, 1.82) is 0 Å². The number of nitrogen functional groups attached to an aromatic ring is 1. The first-order valence-corrected chi connectivity index (χ1v) is 5.54. The summed E-state index contributed by atoms with van der Waals surface area (Å²) >= 11 is 1.68. The minimum absolute atomic E-state index is 0.308. The third kappa shape index (κ3) is 2.66. The molecule has 0 bridgehead atoms. The highest BCUT2D eigenvalue weighted by Gasteiger charge is 1.99. The van der Waals surface area contributed by atoms with Gasteiger partial charge in [0.05, 0.1) is 0 Å². The van der Waals surface area contributed by atoms with Crippen molar-refractivity contribution in [1.82, 2.24) is 9.97 Å². The molecule has 0 saturated carbocycles. The lowest BCUT2D eigenvalue weighted by molar-refractivity contribution is 1.07. The van der Waals surface area contributed by atoms with Crippen molar-refractivity contribution in [2.45, 2.75) is 13.5 Å². The molecule has 2 heterocycles. The van der Waals surface area contributed by atoms with Crippen LogP contribution in [0.15, 0.2) is 22.9 Å². The van der Waals surface area contributed by atoms with Gasteiger partial charge in [-0.15, -0.1) is 0 Å². The highest BCUT2D eigenvalue weighted by molar-refractivity contribution is 7.07. The molecular formula is C10H12N4S. The molecule has 5 heteroatoms. The largest absolute Gasteiger partial charge is 0.368 e. The summed E-state index contributed by atoms with van der Waals surface area (Å²) in [4.78, 5) is 8.10. The van der Waals surface area contributed by atoms with Crippen molar-refractivity contribution in [2.75, 3.05) is 11.1 Å². The van der Waals surface area contributed by atoms with Gasteiger partial charge in [-0.2, -0.15) is 16.3 Å². The minimum atomic E-state index is 0.308. The summed E-state index contributed by atoms with van der Waals surface area (Å²) in [6.45, 7) is 2.66. The summed E-state index contributed by atoms with van der Waals surface area (Å²) in [5.74, 6) is 1.08. The first-order chi connectivity index (χ1) is 7.24. The molecule has 4 nitrogen and oxygen atoms in total. The van der Waals surface area contributed by atoms with Gasteiger partial charge in [-0.05, 0) is 29.3 Å². The van der Waals surface area contributed by atoms with Gasteiger partial charge in [-0.1, -0.05) is 0 Å². The number of thiophene rings is 1. The summed E-state index contributed by atoms with van der Waals surface area (Å²) in [5.41, 5.74) is 7.66. The Morgan fingerprint density at radius 2 is 2.33 bits per heavy atom. The zero-order chi connectivity index (χ0) is 10.7. The molecule has 0 fully saturated rings. The zero-order valence-electron chi connectivity index (χ0n) is 8.40. The van der Waals surface area contributed by atoms with Gasteiger partial charge >= 0.3 is 0 Å². The van der Waals surface area contributed by atoms with Crippen LogP contribution in [0.25, 0.3) is 0 Å². The molecule has 0 aliphatic rings. The minimum Gasteiger partial charge on any atom is -0.368 e. The fraction of sp³-hybridized carbons (Fsp3) is 0.200. The fourth-order valence-corrected chi connectivity index (χ4v) is 1.94. The molecule has 15 heavy (non-hydrogen) atoms. The fourth-order valence-electron chi connectivity index (χ4n) is 1.27. The van der Waals surface area contributed by atoms with Gasteiger partial charge in [-0.25, -0.2) is 4.98 Å². The quantitative estimate of drug-likeness (QED) is 0.830. The van der Waals surface area contributed by atoms with E-state index in [1.807, 2.05) is 13.0 Å². The Kier molecular flexibility index (Phi) is 2.82. The van der Waals surface area contributed by atoms with E-state index in [4.69, 9.17) is 5.73 Å². The van der Waals surface area contributed by atoms with E-state index in [2.05, 4.69) is 32.1 Å². The van der Waals surface area contributed by atoms with Crippen LogP contribution in [0.4, 0.5) is 11.8 Å². The van der Waals surface area contributed by atoms with Crippen molar-refractivity contribution in [3.05, 3.63) is 34.2 Å². The molecule has 0 spiro atoms. The van der Waals surface area contributed by atoms with Crippen LogP contribution >= 0.6 is 11.3 Å². The Bertz CT molecular complexity index is 418. The second kappa shape index (κ2) is 4.27. The number of nitrogens with one attached hydrogen (secondary N) is 1. The smallest absolute Gasteiger partial charge is 0.222 e. The topological polar surface area (TPSA) is 63.8 Å². The average molecular weight is 220 g/mol. The number of anilines is 2. The van der Waals surface area contributed by atoms with Crippen LogP contribution in [-0.2, 0) is 6.54 Å². The van der Waals surface area contributed by atoms with Gasteiger partial charge in [-0.3, -0.25) is 0 Å². The van der Waals surface area contributed by atoms with Crippen LogP contribution in [-0.4, -0.2) is 9.97 Å². The second-order valence-corrected chi connectivity index (χ2v) is 4.02. The van der Waals surface area contributed by atoms with Crippen LogP contribution in [0.1, 0.15) is 11.3 Å². The van der Waals surface area contributed by atoms with Crippen molar-refractivity contribution in [3.63, 3.8) is 0 Å². The molecule has 3 N–H and O–H groups in total. The van der Waals surface area contributed by atoms with Crippen molar-refractivity contribution in [3.8, 4) is 0 Å². The molecule has 0 aliphatic heterocycles. The Morgan fingerprint density at radius 1 is 1.47 bits per heavy atom. The van der Waals surface area contributed by atoms with Crippen LogP contribution < -0.4 is 11.1 Å². The van der Waals surface area contributed by atoms with E-state index in [0.29, 0.717) is 5.95 Å². The number of rotatable bonds is 3. The third-order valence-corrected chi connectivity index (χ3v) is 2.66. The Labute approximate surface area is 92.2 Å². The molecule has 2 rings (SSSR count). The lowest BCUT2D eigenvalue weighted by Crippen LogP contribution is -2.04. The van der Waals surface area contributed by atoms with E-state index < -0.39 is 0 Å². The molecule has 0 aromatic carbocycles. The van der Waals surface area contributed by atoms with Gasteiger partial charge in [0.2, 0.25) is 5.95 Å². The standard InChI is InChI=1S/C10H12N4S/c1-7-4-9(14-10(11)13-7)12-5-8-2-3-15-6-8/h2-4,6H,5H2,1H3,(H3,11,12,13,14). The predicted molar refractivity (Wildman–Crippen MR) is 62.8 cm³/mol. The monoisotopic (exact) mass is 220 g/mol. The predicted octanol–water partition coefficient (Wildman–Crippen LogP) is 2.04. The van der Waals surface area contributed by atoms with E-state index in [0.717, 1.165) is 18.1 Å².